The fraction of sp³-hybridized carbons (Fsp3) is 0.316. The molecule has 4 N–H and O–H groups in total. The molecule has 0 bridgehead atoms. The van der Waals surface area contributed by atoms with Gasteiger partial charge >= 0.3 is 0 Å². The van der Waals surface area contributed by atoms with Crippen molar-refractivity contribution in [2.24, 2.45) is 5.73 Å². The standard InChI is InChI=1S/C19H19N3O4S/c20-17(24)16-10-5-1-4-8-14(10)27-19(16)22-15(23)9-13-18(25)21-11-6-2-3-7-12(11)26-13/h2-3,6-7,13H,1,4-5,8-9H2,(H2,20,24)(H,21,25)(H,22,23). The van der Waals surface area contributed by atoms with Gasteiger partial charge in [0.05, 0.1) is 17.7 Å². The molecule has 140 valence electrons. The van der Waals surface area contributed by atoms with Crippen molar-refractivity contribution < 1.29 is 19.1 Å². The fourth-order valence-electron chi connectivity index (χ4n) is 3.49. The SMILES string of the molecule is NC(=O)c1c(NC(=O)CC2Oc3ccccc3NC2=O)sc2c1CCCC2. The Kier molecular flexibility index (Phi) is 4.57. The Labute approximate surface area is 159 Å². The van der Waals surface area contributed by atoms with Crippen molar-refractivity contribution in [3.63, 3.8) is 0 Å². The number of anilines is 2. The molecule has 1 aliphatic carbocycles. The second kappa shape index (κ2) is 7.03. The third kappa shape index (κ3) is 3.40. The van der Waals surface area contributed by atoms with Crippen molar-refractivity contribution in [1.29, 1.82) is 0 Å². The number of para-hydroxylation sites is 2. The molecule has 0 spiro atoms. The predicted molar refractivity (Wildman–Crippen MR) is 102 cm³/mol. The van der Waals surface area contributed by atoms with E-state index in [0.29, 0.717) is 22.0 Å². The van der Waals surface area contributed by atoms with E-state index in [1.165, 1.54) is 11.3 Å². The number of benzene rings is 1. The highest BCUT2D eigenvalue weighted by atomic mass is 32.1. The van der Waals surface area contributed by atoms with E-state index in [1.807, 2.05) is 0 Å². The van der Waals surface area contributed by atoms with Crippen LogP contribution in [0.1, 0.15) is 40.1 Å². The third-order valence-electron chi connectivity index (χ3n) is 4.75. The van der Waals surface area contributed by atoms with E-state index in [9.17, 15) is 14.4 Å². The molecule has 7 nitrogen and oxygen atoms in total. The summed E-state index contributed by atoms with van der Waals surface area (Å²) in [6.07, 6.45) is 2.68. The maximum Gasteiger partial charge on any atom is 0.266 e. The minimum absolute atomic E-state index is 0.152. The molecule has 0 radical (unpaired) electrons. The summed E-state index contributed by atoms with van der Waals surface area (Å²) in [5.41, 5.74) is 7.49. The van der Waals surface area contributed by atoms with Crippen LogP contribution in [0.25, 0.3) is 0 Å². The maximum absolute atomic E-state index is 12.5. The molecule has 0 saturated carbocycles. The number of amides is 3. The number of rotatable bonds is 4. The summed E-state index contributed by atoms with van der Waals surface area (Å²) in [5, 5.41) is 5.96. The minimum atomic E-state index is -0.925. The molecule has 4 rings (SSSR count). The summed E-state index contributed by atoms with van der Waals surface area (Å²) in [7, 11) is 0. The molecule has 1 aliphatic heterocycles. The van der Waals surface area contributed by atoms with Gasteiger partial charge in [0.1, 0.15) is 10.8 Å². The average Bonchev–Trinajstić information content (AvgIpc) is 3.00. The van der Waals surface area contributed by atoms with Crippen LogP contribution < -0.4 is 21.1 Å². The first-order valence-electron chi connectivity index (χ1n) is 8.83. The van der Waals surface area contributed by atoms with Gasteiger partial charge in [0, 0.05) is 4.88 Å². The second-order valence-electron chi connectivity index (χ2n) is 6.62. The third-order valence-corrected chi connectivity index (χ3v) is 5.96. The van der Waals surface area contributed by atoms with E-state index in [4.69, 9.17) is 10.5 Å². The number of carbonyl (C=O) groups is 3. The van der Waals surface area contributed by atoms with Crippen LogP contribution >= 0.6 is 11.3 Å². The first kappa shape index (κ1) is 17.5. The number of carbonyl (C=O) groups excluding carboxylic acids is 3. The number of hydrogen-bond acceptors (Lipinski definition) is 5. The van der Waals surface area contributed by atoms with Gasteiger partial charge in [0.2, 0.25) is 5.91 Å². The van der Waals surface area contributed by atoms with Gasteiger partial charge in [-0.25, -0.2) is 0 Å². The van der Waals surface area contributed by atoms with Crippen LogP contribution in [0.4, 0.5) is 10.7 Å². The molecule has 0 saturated heterocycles. The van der Waals surface area contributed by atoms with Gasteiger partial charge in [0.15, 0.2) is 6.10 Å². The quantitative estimate of drug-likeness (QED) is 0.751. The maximum atomic E-state index is 12.5. The Morgan fingerprint density at radius 3 is 2.85 bits per heavy atom. The molecule has 0 fully saturated rings. The van der Waals surface area contributed by atoms with Crippen molar-refractivity contribution in [3.05, 3.63) is 40.3 Å². The smallest absolute Gasteiger partial charge is 0.266 e. The molecule has 2 heterocycles. The lowest BCUT2D eigenvalue weighted by molar-refractivity contribution is -0.128. The molecular formula is C19H19N3O4S. The zero-order chi connectivity index (χ0) is 19.0. The lowest BCUT2D eigenvalue weighted by Gasteiger charge is -2.25. The van der Waals surface area contributed by atoms with Crippen molar-refractivity contribution in [1.82, 2.24) is 0 Å². The number of thiophene rings is 1. The van der Waals surface area contributed by atoms with Gasteiger partial charge in [-0.1, -0.05) is 12.1 Å². The Morgan fingerprint density at radius 1 is 1.26 bits per heavy atom. The number of primary amides is 1. The molecular weight excluding hydrogens is 366 g/mol. The number of nitrogens with two attached hydrogens (primary N) is 1. The second-order valence-corrected chi connectivity index (χ2v) is 7.73. The molecule has 1 aromatic carbocycles. The van der Waals surface area contributed by atoms with Crippen LogP contribution in [0.3, 0.4) is 0 Å². The Morgan fingerprint density at radius 2 is 2.04 bits per heavy atom. The zero-order valence-electron chi connectivity index (χ0n) is 14.5. The molecule has 1 aromatic heterocycles. The zero-order valence-corrected chi connectivity index (χ0v) is 15.4. The highest BCUT2D eigenvalue weighted by Crippen LogP contribution is 2.38. The van der Waals surface area contributed by atoms with Crippen LogP contribution in [0.15, 0.2) is 24.3 Å². The van der Waals surface area contributed by atoms with Crippen molar-refractivity contribution >= 4 is 39.7 Å². The Bertz CT molecular complexity index is 937. The first-order chi connectivity index (χ1) is 13.0. The molecule has 2 aliphatic rings. The molecule has 3 amide bonds. The van der Waals surface area contributed by atoms with Gasteiger partial charge in [0.25, 0.3) is 11.8 Å². The minimum Gasteiger partial charge on any atom is -0.478 e. The van der Waals surface area contributed by atoms with Gasteiger partial charge < -0.3 is 21.1 Å². The number of ether oxygens (including phenoxy) is 1. The molecule has 2 aromatic rings. The molecule has 8 heteroatoms. The Balaban J connectivity index is 1.50. The average molecular weight is 385 g/mol. The number of fused-ring (bicyclic) bond motifs is 2. The topological polar surface area (TPSA) is 111 Å². The van der Waals surface area contributed by atoms with E-state index in [-0.39, 0.29) is 12.3 Å². The van der Waals surface area contributed by atoms with E-state index < -0.39 is 17.9 Å². The normalized spacial score (nSPS) is 17.9. The monoisotopic (exact) mass is 385 g/mol. The predicted octanol–water partition coefficient (Wildman–Crippen LogP) is 2.45. The summed E-state index contributed by atoms with van der Waals surface area (Å²) in [6, 6.07) is 7.05. The van der Waals surface area contributed by atoms with Crippen molar-refractivity contribution in [2.75, 3.05) is 10.6 Å². The largest absolute Gasteiger partial charge is 0.478 e. The molecule has 1 atom stereocenters. The van der Waals surface area contributed by atoms with Crippen LogP contribution in [-0.2, 0) is 22.4 Å². The molecule has 1 unspecified atom stereocenters. The van der Waals surface area contributed by atoms with Crippen LogP contribution in [0, 0.1) is 0 Å². The highest BCUT2D eigenvalue weighted by Gasteiger charge is 2.31. The van der Waals surface area contributed by atoms with Crippen molar-refractivity contribution in [3.8, 4) is 5.75 Å². The van der Waals surface area contributed by atoms with Crippen LogP contribution in [0.2, 0.25) is 0 Å². The summed E-state index contributed by atoms with van der Waals surface area (Å²) < 4.78 is 5.65. The number of nitrogens with one attached hydrogen (secondary N) is 2. The van der Waals surface area contributed by atoms with E-state index in [0.717, 1.165) is 36.1 Å². The summed E-state index contributed by atoms with van der Waals surface area (Å²) >= 11 is 1.40. The number of aryl methyl sites for hydroxylation is 1. The molecule has 27 heavy (non-hydrogen) atoms. The lowest BCUT2D eigenvalue weighted by atomic mass is 9.95. The summed E-state index contributed by atoms with van der Waals surface area (Å²) in [6.45, 7) is 0. The Hall–Kier alpha value is -2.87. The van der Waals surface area contributed by atoms with E-state index in [2.05, 4.69) is 10.6 Å². The van der Waals surface area contributed by atoms with Crippen LogP contribution in [-0.4, -0.2) is 23.8 Å². The lowest BCUT2D eigenvalue weighted by Crippen LogP contribution is -2.39. The van der Waals surface area contributed by atoms with Crippen molar-refractivity contribution in [2.45, 2.75) is 38.2 Å². The van der Waals surface area contributed by atoms with Gasteiger partial charge in [-0.15, -0.1) is 11.3 Å². The summed E-state index contributed by atoms with van der Waals surface area (Å²) in [4.78, 5) is 37.7. The highest BCUT2D eigenvalue weighted by molar-refractivity contribution is 7.17. The first-order valence-corrected chi connectivity index (χ1v) is 9.65. The van der Waals surface area contributed by atoms with Gasteiger partial charge in [-0.3, -0.25) is 14.4 Å². The van der Waals surface area contributed by atoms with Gasteiger partial charge in [-0.05, 0) is 43.4 Å². The number of hydrogen-bond donors (Lipinski definition) is 3. The van der Waals surface area contributed by atoms with Gasteiger partial charge in [-0.2, -0.15) is 0 Å². The van der Waals surface area contributed by atoms with E-state index in [1.54, 1.807) is 24.3 Å². The van der Waals surface area contributed by atoms with E-state index >= 15 is 0 Å². The fourth-order valence-corrected chi connectivity index (χ4v) is 4.80. The van der Waals surface area contributed by atoms with Crippen LogP contribution in [0.5, 0.6) is 5.75 Å². The summed E-state index contributed by atoms with van der Waals surface area (Å²) in [5.74, 6) is -0.773.